The van der Waals surface area contributed by atoms with Gasteiger partial charge in [-0.05, 0) is 48.5 Å². The Kier molecular flexibility index (Phi) is 6.14. The summed E-state index contributed by atoms with van der Waals surface area (Å²) in [7, 11) is 0. The molecule has 0 spiro atoms. The summed E-state index contributed by atoms with van der Waals surface area (Å²) < 4.78 is 15.8. The molecule has 0 bridgehead atoms. The number of nitrogens with zero attached hydrogens (tertiary/aromatic N) is 1. The second-order valence-electron chi connectivity index (χ2n) is 5.45. The highest BCUT2D eigenvalue weighted by Gasteiger charge is 2.11. The molecule has 0 aliphatic carbocycles. The van der Waals surface area contributed by atoms with Crippen molar-refractivity contribution in [3.05, 3.63) is 90.3 Å². The summed E-state index contributed by atoms with van der Waals surface area (Å²) in [6, 6.07) is 18.7. The lowest BCUT2D eigenvalue weighted by molar-refractivity contribution is 0.0450. The predicted octanol–water partition coefficient (Wildman–Crippen LogP) is 3.54. The molecule has 3 aromatic rings. The molecule has 0 saturated heterocycles. The SMILES string of the molecule is O=C(OCCOc1ccccc1)c1ccc(OC(=O)c2cccnc2)cc1. The quantitative estimate of drug-likeness (QED) is 0.363. The number of benzene rings is 2. The Labute approximate surface area is 156 Å². The fraction of sp³-hybridized carbons (Fsp3) is 0.0952. The summed E-state index contributed by atoms with van der Waals surface area (Å²) in [6.07, 6.45) is 2.99. The van der Waals surface area contributed by atoms with Gasteiger partial charge in [0.25, 0.3) is 0 Å². The lowest BCUT2D eigenvalue weighted by Gasteiger charge is -2.08. The number of carbonyl (C=O) groups is 2. The Bertz CT molecular complexity index is 879. The van der Waals surface area contributed by atoms with E-state index in [0.29, 0.717) is 22.6 Å². The smallest absolute Gasteiger partial charge is 0.345 e. The molecule has 0 atom stereocenters. The first-order valence-electron chi connectivity index (χ1n) is 8.29. The first kappa shape index (κ1) is 18.1. The van der Waals surface area contributed by atoms with Crippen molar-refractivity contribution in [2.24, 2.45) is 0 Å². The minimum atomic E-state index is -0.517. The number of hydrogen-bond donors (Lipinski definition) is 0. The van der Waals surface area contributed by atoms with Gasteiger partial charge in [0.05, 0.1) is 11.1 Å². The number of carbonyl (C=O) groups excluding carboxylic acids is 2. The second kappa shape index (κ2) is 9.15. The zero-order chi connectivity index (χ0) is 18.9. The van der Waals surface area contributed by atoms with E-state index in [2.05, 4.69) is 4.98 Å². The molecule has 0 unspecified atom stereocenters. The third-order valence-electron chi connectivity index (χ3n) is 3.53. The molecule has 0 amide bonds. The number of aromatic nitrogens is 1. The predicted molar refractivity (Wildman–Crippen MR) is 97.9 cm³/mol. The van der Waals surface area contributed by atoms with Crippen LogP contribution in [0.2, 0.25) is 0 Å². The Hall–Kier alpha value is -3.67. The van der Waals surface area contributed by atoms with E-state index in [4.69, 9.17) is 14.2 Å². The van der Waals surface area contributed by atoms with Gasteiger partial charge in [-0.1, -0.05) is 18.2 Å². The Morgan fingerprint density at radius 3 is 2.22 bits per heavy atom. The molecule has 0 saturated carbocycles. The van der Waals surface area contributed by atoms with Gasteiger partial charge in [0.15, 0.2) is 0 Å². The van der Waals surface area contributed by atoms with E-state index < -0.39 is 11.9 Å². The molecule has 6 nitrogen and oxygen atoms in total. The van der Waals surface area contributed by atoms with Crippen LogP contribution in [0.25, 0.3) is 0 Å². The third kappa shape index (κ3) is 5.40. The summed E-state index contributed by atoms with van der Waals surface area (Å²) in [5, 5.41) is 0. The molecule has 136 valence electrons. The Morgan fingerprint density at radius 1 is 0.741 bits per heavy atom. The van der Waals surface area contributed by atoms with Gasteiger partial charge in [-0.3, -0.25) is 4.98 Å². The lowest BCUT2D eigenvalue weighted by Crippen LogP contribution is -2.12. The van der Waals surface area contributed by atoms with Crippen molar-refractivity contribution in [1.82, 2.24) is 4.98 Å². The summed E-state index contributed by atoms with van der Waals surface area (Å²) in [5.41, 5.74) is 0.704. The minimum Gasteiger partial charge on any atom is -0.490 e. The molecule has 3 rings (SSSR count). The summed E-state index contributed by atoms with van der Waals surface area (Å²) in [6.45, 7) is 0.391. The maximum absolute atomic E-state index is 12.0. The molecule has 0 fully saturated rings. The summed E-state index contributed by atoms with van der Waals surface area (Å²) in [4.78, 5) is 27.8. The minimum absolute atomic E-state index is 0.130. The topological polar surface area (TPSA) is 74.7 Å². The van der Waals surface area contributed by atoms with Gasteiger partial charge in [-0.25, -0.2) is 9.59 Å². The molecule has 2 aromatic carbocycles. The number of rotatable bonds is 7. The van der Waals surface area contributed by atoms with Gasteiger partial charge in [0, 0.05) is 12.4 Å². The van der Waals surface area contributed by atoms with Gasteiger partial charge in [0.1, 0.15) is 24.7 Å². The molecular weight excluding hydrogens is 346 g/mol. The van der Waals surface area contributed by atoms with Crippen LogP contribution in [0.15, 0.2) is 79.1 Å². The molecule has 27 heavy (non-hydrogen) atoms. The largest absolute Gasteiger partial charge is 0.490 e. The molecule has 1 aromatic heterocycles. The van der Waals surface area contributed by atoms with E-state index in [-0.39, 0.29) is 13.2 Å². The maximum Gasteiger partial charge on any atom is 0.345 e. The van der Waals surface area contributed by atoms with Crippen LogP contribution >= 0.6 is 0 Å². The zero-order valence-corrected chi connectivity index (χ0v) is 14.4. The summed E-state index contributed by atoms with van der Waals surface area (Å²) in [5.74, 6) is 0.0504. The van der Waals surface area contributed by atoms with Crippen LogP contribution in [0.4, 0.5) is 0 Å². The van der Waals surface area contributed by atoms with Crippen LogP contribution in [-0.2, 0) is 4.74 Å². The van der Waals surface area contributed by atoms with Crippen molar-refractivity contribution in [3.63, 3.8) is 0 Å². The number of ether oxygens (including phenoxy) is 3. The third-order valence-corrected chi connectivity index (χ3v) is 3.53. The van der Waals surface area contributed by atoms with Crippen molar-refractivity contribution in [2.45, 2.75) is 0 Å². The van der Waals surface area contributed by atoms with Gasteiger partial charge in [-0.2, -0.15) is 0 Å². The molecule has 0 aliphatic rings. The van der Waals surface area contributed by atoms with Crippen LogP contribution in [0, 0.1) is 0 Å². The van der Waals surface area contributed by atoms with Gasteiger partial charge < -0.3 is 14.2 Å². The standard InChI is InChI=1S/C21H17NO5/c23-20(26-14-13-25-18-6-2-1-3-7-18)16-8-10-19(11-9-16)27-21(24)17-5-4-12-22-15-17/h1-12,15H,13-14H2. The maximum atomic E-state index is 12.0. The molecule has 0 aliphatic heterocycles. The Balaban J connectivity index is 1.46. The highest BCUT2D eigenvalue weighted by atomic mass is 16.6. The van der Waals surface area contributed by atoms with Crippen molar-refractivity contribution in [2.75, 3.05) is 13.2 Å². The lowest BCUT2D eigenvalue weighted by atomic mass is 10.2. The number of para-hydroxylation sites is 1. The number of pyridine rings is 1. The average molecular weight is 363 g/mol. The highest BCUT2D eigenvalue weighted by molar-refractivity contribution is 5.91. The van der Waals surface area contributed by atoms with Crippen molar-refractivity contribution in [3.8, 4) is 11.5 Å². The fourth-order valence-corrected chi connectivity index (χ4v) is 2.20. The Morgan fingerprint density at radius 2 is 1.52 bits per heavy atom. The monoisotopic (exact) mass is 363 g/mol. The van der Waals surface area contributed by atoms with E-state index in [1.54, 1.807) is 18.3 Å². The zero-order valence-electron chi connectivity index (χ0n) is 14.4. The highest BCUT2D eigenvalue weighted by Crippen LogP contribution is 2.15. The van der Waals surface area contributed by atoms with Crippen LogP contribution in [0.5, 0.6) is 11.5 Å². The van der Waals surface area contributed by atoms with E-state index in [9.17, 15) is 9.59 Å². The summed E-state index contributed by atoms with van der Waals surface area (Å²) >= 11 is 0. The van der Waals surface area contributed by atoms with E-state index in [1.807, 2.05) is 30.3 Å². The van der Waals surface area contributed by atoms with Crippen molar-refractivity contribution in [1.29, 1.82) is 0 Å². The van der Waals surface area contributed by atoms with Gasteiger partial charge >= 0.3 is 11.9 Å². The van der Waals surface area contributed by atoms with Gasteiger partial charge in [-0.15, -0.1) is 0 Å². The van der Waals surface area contributed by atoms with E-state index >= 15 is 0 Å². The first-order valence-corrected chi connectivity index (χ1v) is 8.29. The van der Waals surface area contributed by atoms with Crippen molar-refractivity contribution < 1.29 is 23.8 Å². The average Bonchev–Trinajstić information content (AvgIpc) is 2.73. The molecular formula is C21H17NO5. The molecule has 0 radical (unpaired) electrons. The van der Waals surface area contributed by atoms with Crippen LogP contribution < -0.4 is 9.47 Å². The normalized spacial score (nSPS) is 10.1. The van der Waals surface area contributed by atoms with Crippen LogP contribution in [0.3, 0.4) is 0 Å². The van der Waals surface area contributed by atoms with E-state index in [0.717, 1.165) is 0 Å². The van der Waals surface area contributed by atoms with E-state index in [1.165, 1.54) is 30.5 Å². The second-order valence-corrected chi connectivity index (χ2v) is 5.45. The van der Waals surface area contributed by atoms with Crippen LogP contribution in [-0.4, -0.2) is 30.1 Å². The molecule has 1 heterocycles. The molecule has 0 N–H and O–H groups in total. The van der Waals surface area contributed by atoms with Crippen LogP contribution in [0.1, 0.15) is 20.7 Å². The van der Waals surface area contributed by atoms with Crippen molar-refractivity contribution >= 4 is 11.9 Å². The number of esters is 2. The van der Waals surface area contributed by atoms with Gasteiger partial charge in [0.2, 0.25) is 0 Å². The number of hydrogen-bond acceptors (Lipinski definition) is 6. The first-order chi connectivity index (χ1) is 13.2. The fourth-order valence-electron chi connectivity index (χ4n) is 2.20. The molecule has 6 heteroatoms.